The van der Waals surface area contributed by atoms with E-state index >= 15 is 0 Å². The van der Waals surface area contributed by atoms with E-state index in [9.17, 15) is 9.59 Å². The highest BCUT2D eigenvalue weighted by Gasteiger charge is 2.16. The molecular weight excluding hydrogens is 412 g/mol. The molecule has 5 rings (SSSR count). The Morgan fingerprint density at radius 2 is 1.88 bits per heavy atom. The predicted octanol–water partition coefficient (Wildman–Crippen LogP) is 4.21. The maximum absolute atomic E-state index is 13.3. The maximum Gasteiger partial charge on any atom is 0.265 e. The number of nitrogens with one attached hydrogen (secondary N) is 2. The quantitative estimate of drug-likeness (QED) is 0.419. The number of amides is 1. The fourth-order valence-electron chi connectivity index (χ4n) is 4.14. The van der Waals surface area contributed by atoms with E-state index in [1.54, 1.807) is 16.8 Å². The fraction of sp³-hybridized carbons (Fsp3) is 0.148. The molecule has 5 aromatic rings. The number of aromatic nitrogens is 3. The lowest BCUT2D eigenvalue weighted by atomic mass is 10.1. The standard InChI is InChI=1S/C27H24N4O2/c1-18-8-10-19(11-9-18)17-31-25-20(5-4-13-28-25)15-23(27(31)33)26(32)29-14-12-21-16-30-24-7-3-2-6-22(21)24/h2-11,13,15-16,30H,12,14,17H2,1H3,(H,29,32). The number of hydrogen-bond donors (Lipinski definition) is 2. The van der Waals surface area contributed by atoms with Crippen LogP contribution in [0.4, 0.5) is 0 Å². The molecule has 0 saturated heterocycles. The van der Waals surface area contributed by atoms with E-state index in [0.717, 1.165) is 33.0 Å². The minimum Gasteiger partial charge on any atom is -0.361 e. The molecule has 164 valence electrons. The summed E-state index contributed by atoms with van der Waals surface area (Å²) in [7, 11) is 0. The number of carbonyl (C=O) groups excluding carboxylic acids is 1. The van der Waals surface area contributed by atoms with Crippen molar-refractivity contribution in [1.29, 1.82) is 0 Å². The summed E-state index contributed by atoms with van der Waals surface area (Å²) < 4.78 is 1.58. The third-order valence-electron chi connectivity index (χ3n) is 5.91. The summed E-state index contributed by atoms with van der Waals surface area (Å²) in [5.74, 6) is -0.372. The largest absolute Gasteiger partial charge is 0.361 e. The molecule has 0 unspecified atom stereocenters. The van der Waals surface area contributed by atoms with Crippen LogP contribution in [0.5, 0.6) is 0 Å². The average molecular weight is 437 g/mol. The van der Waals surface area contributed by atoms with Gasteiger partial charge in [0.25, 0.3) is 11.5 Å². The first-order valence-electron chi connectivity index (χ1n) is 11.0. The van der Waals surface area contributed by atoms with Gasteiger partial charge in [0.2, 0.25) is 0 Å². The Morgan fingerprint density at radius 3 is 2.73 bits per heavy atom. The molecule has 2 N–H and O–H groups in total. The summed E-state index contributed by atoms with van der Waals surface area (Å²) >= 11 is 0. The first-order chi connectivity index (χ1) is 16.1. The smallest absolute Gasteiger partial charge is 0.265 e. The van der Waals surface area contributed by atoms with Crippen molar-refractivity contribution >= 4 is 27.8 Å². The summed E-state index contributed by atoms with van der Waals surface area (Å²) in [4.78, 5) is 34.0. The number of aromatic amines is 1. The zero-order chi connectivity index (χ0) is 22.8. The van der Waals surface area contributed by atoms with E-state index in [4.69, 9.17) is 0 Å². The van der Waals surface area contributed by atoms with Gasteiger partial charge in [-0.15, -0.1) is 0 Å². The number of fused-ring (bicyclic) bond motifs is 2. The topological polar surface area (TPSA) is 79.8 Å². The third-order valence-corrected chi connectivity index (χ3v) is 5.91. The zero-order valence-corrected chi connectivity index (χ0v) is 18.3. The summed E-state index contributed by atoms with van der Waals surface area (Å²) in [6.07, 6.45) is 4.30. The number of carbonyl (C=O) groups is 1. The van der Waals surface area contributed by atoms with Crippen LogP contribution < -0.4 is 10.9 Å². The molecule has 0 radical (unpaired) electrons. The SMILES string of the molecule is Cc1ccc(Cn2c(=O)c(C(=O)NCCc3c[nH]c4ccccc34)cc3cccnc32)cc1. The van der Waals surface area contributed by atoms with Crippen molar-refractivity contribution in [1.82, 2.24) is 19.9 Å². The molecule has 0 aliphatic rings. The first kappa shape index (κ1) is 20.7. The molecule has 0 aliphatic carbocycles. The lowest BCUT2D eigenvalue weighted by Crippen LogP contribution is -2.34. The lowest BCUT2D eigenvalue weighted by molar-refractivity contribution is 0.0952. The van der Waals surface area contributed by atoms with E-state index in [0.29, 0.717) is 25.2 Å². The van der Waals surface area contributed by atoms with Crippen molar-refractivity contribution < 1.29 is 4.79 Å². The Balaban J connectivity index is 1.41. The maximum atomic E-state index is 13.3. The van der Waals surface area contributed by atoms with E-state index in [2.05, 4.69) is 21.4 Å². The lowest BCUT2D eigenvalue weighted by Gasteiger charge is -2.13. The van der Waals surface area contributed by atoms with E-state index < -0.39 is 0 Å². The van der Waals surface area contributed by atoms with Gasteiger partial charge in [-0.3, -0.25) is 14.2 Å². The number of para-hydroxylation sites is 1. The highest BCUT2D eigenvalue weighted by Crippen LogP contribution is 2.18. The molecular formula is C27H24N4O2. The molecule has 0 saturated carbocycles. The molecule has 0 bridgehead atoms. The molecule has 33 heavy (non-hydrogen) atoms. The van der Waals surface area contributed by atoms with Gasteiger partial charge in [0, 0.05) is 35.2 Å². The number of nitrogens with zero attached hydrogens (tertiary/aromatic N) is 2. The van der Waals surface area contributed by atoms with Crippen molar-refractivity contribution in [3.05, 3.63) is 112 Å². The van der Waals surface area contributed by atoms with Crippen molar-refractivity contribution in [3.63, 3.8) is 0 Å². The number of aryl methyl sites for hydroxylation is 1. The minimum absolute atomic E-state index is 0.126. The van der Waals surface area contributed by atoms with Gasteiger partial charge in [-0.2, -0.15) is 0 Å². The highest BCUT2D eigenvalue weighted by molar-refractivity contribution is 5.97. The zero-order valence-electron chi connectivity index (χ0n) is 18.3. The van der Waals surface area contributed by atoms with Crippen molar-refractivity contribution in [2.75, 3.05) is 6.54 Å². The Bertz CT molecular complexity index is 1510. The fourth-order valence-corrected chi connectivity index (χ4v) is 4.14. The van der Waals surface area contributed by atoms with Crippen LogP contribution in [0.25, 0.3) is 21.9 Å². The van der Waals surface area contributed by atoms with Crippen molar-refractivity contribution in [2.45, 2.75) is 19.9 Å². The number of H-pyrrole nitrogens is 1. The van der Waals surface area contributed by atoms with Crippen LogP contribution in [-0.2, 0) is 13.0 Å². The molecule has 0 atom stereocenters. The van der Waals surface area contributed by atoms with Gasteiger partial charge in [-0.05, 0) is 48.7 Å². The van der Waals surface area contributed by atoms with Gasteiger partial charge < -0.3 is 10.3 Å². The summed E-state index contributed by atoms with van der Waals surface area (Å²) in [6.45, 7) is 2.81. The second-order valence-corrected chi connectivity index (χ2v) is 8.22. The van der Waals surface area contributed by atoms with E-state index in [1.807, 2.05) is 67.7 Å². The average Bonchev–Trinajstić information content (AvgIpc) is 3.25. The second kappa shape index (κ2) is 8.74. The number of pyridine rings is 2. The molecule has 0 spiro atoms. The van der Waals surface area contributed by atoms with Crippen molar-refractivity contribution in [3.8, 4) is 0 Å². The second-order valence-electron chi connectivity index (χ2n) is 8.22. The van der Waals surface area contributed by atoms with Gasteiger partial charge in [0.15, 0.2) is 0 Å². The molecule has 1 amide bonds. The summed E-state index contributed by atoms with van der Waals surface area (Å²) in [5, 5.41) is 4.82. The normalized spacial score (nSPS) is 11.2. The number of benzene rings is 2. The molecule has 0 fully saturated rings. The molecule has 6 heteroatoms. The Morgan fingerprint density at radius 1 is 1.06 bits per heavy atom. The van der Waals surface area contributed by atoms with Crippen LogP contribution in [0.15, 0.2) is 83.9 Å². The Kier molecular flexibility index (Phi) is 5.48. The minimum atomic E-state index is -0.372. The van der Waals surface area contributed by atoms with Crippen LogP contribution in [0.2, 0.25) is 0 Å². The molecule has 3 aromatic heterocycles. The predicted molar refractivity (Wildman–Crippen MR) is 131 cm³/mol. The van der Waals surface area contributed by atoms with Crippen LogP contribution in [0.1, 0.15) is 27.0 Å². The van der Waals surface area contributed by atoms with Gasteiger partial charge in [0.1, 0.15) is 11.2 Å². The third kappa shape index (κ3) is 4.15. The van der Waals surface area contributed by atoms with Crippen LogP contribution in [-0.4, -0.2) is 27.0 Å². The van der Waals surface area contributed by atoms with Gasteiger partial charge in [-0.25, -0.2) is 4.98 Å². The van der Waals surface area contributed by atoms with Crippen molar-refractivity contribution in [2.24, 2.45) is 0 Å². The van der Waals surface area contributed by atoms with Crippen LogP contribution in [0.3, 0.4) is 0 Å². The van der Waals surface area contributed by atoms with Crippen LogP contribution >= 0.6 is 0 Å². The molecule has 6 nitrogen and oxygen atoms in total. The number of rotatable bonds is 6. The summed E-state index contributed by atoms with van der Waals surface area (Å²) in [6, 6.07) is 21.4. The Hall–Kier alpha value is -4.19. The van der Waals surface area contributed by atoms with Gasteiger partial charge >= 0.3 is 0 Å². The molecule has 2 aromatic carbocycles. The number of hydrogen-bond acceptors (Lipinski definition) is 3. The Labute approximate surface area is 190 Å². The van der Waals surface area contributed by atoms with Gasteiger partial charge in [0.05, 0.1) is 6.54 Å². The van der Waals surface area contributed by atoms with Gasteiger partial charge in [-0.1, -0.05) is 48.0 Å². The molecule has 0 aliphatic heterocycles. The molecule has 3 heterocycles. The van der Waals surface area contributed by atoms with E-state index in [-0.39, 0.29) is 17.0 Å². The first-order valence-corrected chi connectivity index (χ1v) is 11.0. The van der Waals surface area contributed by atoms with Crippen LogP contribution in [0, 0.1) is 6.92 Å². The summed E-state index contributed by atoms with van der Waals surface area (Å²) in [5.41, 5.74) is 4.68. The van der Waals surface area contributed by atoms with E-state index in [1.165, 1.54) is 0 Å². The highest BCUT2D eigenvalue weighted by atomic mass is 16.2. The monoisotopic (exact) mass is 436 g/mol.